The molecule has 0 bridgehead atoms. The third-order valence-corrected chi connectivity index (χ3v) is 6.19. The molecule has 0 spiro atoms. The standard InChI is InChI=1S/C23H39N5O2.HI/c1-3-24-23(26-14-8-13-25-22(29)21-18(2)12-16-30-21)27-19-9-7-15-28(17-19)20-10-5-4-6-11-20;/h12,16,19-20H,3-11,13-15,17H2,1-2H3,(H,25,29)(H2,24,26,27);1H. The van der Waals surface area contributed by atoms with Gasteiger partial charge in [0, 0.05) is 43.8 Å². The van der Waals surface area contributed by atoms with Crippen molar-refractivity contribution < 1.29 is 9.21 Å². The van der Waals surface area contributed by atoms with Crippen molar-refractivity contribution in [3.63, 3.8) is 0 Å². The summed E-state index contributed by atoms with van der Waals surface area (Å²) in [6.45, 7) is 8.43. The fraction of sp³-hybridized carbons (Fsp3) is 0.739. The van der Waals surface area contributed by atoms with Crippen molar-refractivity contribution in [1.29, 1.82) is 0 Å². The Bertz CT molecular complexity index is 687. The van der Waals surface area contributed by atoms with Crippen LogP contribution in [0.4, 0.5) is 0 Å². The minimum Gasteiger partial charge on any atom is -0.459 e. The van der Waals surface area contributed by atoms with Crippen LogP contribution in [0.2, 0.25) is 0 Å². The maximum absolute atomic E-state index is 12.1. The maximum Gasteiger partial charge on any atom is 0.287 e. The zero-order valence-electron chi connectivity index (χ0n) is 19.1. The first kappa shape index (κ1) is 26.0. The molecule has 3 rings (SSSR count). The van der Waals surface area contributed by atoms with Gasteiger partial charge >= 0.3 is 0 Å². The Morgan fingerprint density at radius 2 is 2.00 bits per heavy atom. The van der Waals surface area contributed by atoms with E-state index in [1.165, 1.54) is 51.5 Å². The topological polar surface area (TPSA) is 81.9 Å². The van der Waals surface area contributed by atoms with Crippen molar-refractivity contribution in [1.82, 2.24) is 20.9 Å². The number of halogens is 1. The number of nitrogens with one attached hydrogen (secondary N) is 3. The normalized spacial score (nSPS) is 20.7. The molecule has 176 valence electrons. The van der Waals surface area contributed by atoms with Crippen LogP contribution >= 0.6 is 24.0 Å². The van der Waals surface area contributed by atoms with Crippen molar-refractivity contribution in [2.75, 3.05) is 32.7 Å². The Morgan fingerprint density at radius 1 is 1.19 bits per heavy atom. The van der Waals surface area contributed by atoms with Gasteiger partial charge in [0.25, 0.3) is 5.91 Å². The van der Waals surface area contributed by atoms with E-state index in [0.29, 0.717) is 24.9 Å². The van der Waals surface area contributed by atoms with Crippen LogP contribution in [0.5, 0.6) is 0 Å². The quantitative estimate of drug-likeness (QED) is 0.201. The molecule has 1 saturated carbocycles. The van der Waals surface area contributed by atoms with Crippen LogP contribution in [0.1, 0.15) is 74.4 Å². The Labute approximate surface area is 204 Å². The third kappa shape index (κ3) is 8.29. The molecule has 8 heteroatoms. The van der Waals surface area contributed by atoms with Crippen LogP contribution in [0.15, 0.2) is 21.7 Å². The SMILES string of the molecule is CCNC(=NCCCNC(=O)c1occc1C)NC1CCCN(C2CCCCC2)C1.I. The number of amides is 1. The first-order valence-electron chi connectivity index (χ1n) is 11.8. The molecular formula is C23H40IN5O2. The van der Waals surface area contributed by atoms with E-state index in [4.69, 9.17) is 9.41 Å². The van der Waals surface area contributed by atoms with Gasteiger partial charge in [-0.1, -0.05) is 19.3 Å². The summed E-state index contributed by atoms with van der Waals surface area (Å²) in [7, 11) is 0. The lowest BCUT2D eigenvalue weighted by Crippen LogP contribution is -2.53. The summed E-state index contributed by atoms with van der Waals surface area (Å²) in [6.07, 6.45) is 11.7. The van der Waals surface area contributed by atoms with Gasteiger partial charge in [0.15, 0.2) is 11.7 Å². The summed E-state index contributed by atoms with van der Waals surface area (Å²) in [4.78, 5) is 19.5. The van der Waals surface area contributed by atoms with E-state index in [1.54, 1.807) is 12.3 Å². The van der Waals surface area contributed by atoms with Crippen molar-refractivity contribution in [3.8, 4) is 0 Å². The number of furan rings is 1. The maximum atomic E-state index is 12.1. The highest BCUT2D eigenvalue weighted by Crippen LogP contribution is 2.25. The minimum absolute atomic E-state index is 0. The highest BCUT2D eigenvalue weighted by Gasteiger charge is 2.27. The fourth-order valence-electron chi connectivity index (χ4n) is 4.57. The second-order valence-electron chi connectivity index (χ2n) is 8.57. The number of piperidine rings is 1. The molecule has 0 radical (unpaired) electrons. The van der Waals surface area contributed by atoms with Gasteiger partial charge in [-0.15, -0.1) is 24.0 Å². The second kappa shape index (κ2) is 14.0. The van der Waals surface area contributed by atoms with Gasteiger partial charge in [0.1, 0.15) is 0 Å². The lowest BCUT2D eigenvalue weighted by molar-refractivity contribution is 0.0925. The molecule has 7 nitrogen and oxygen atoms in total. The average molecular weight is 546 g/mol. The monoisotopic (exact) mass is 545 g/mol. The Morgan fingerprint density at radius 3 is 2.71 bits per heavy atom. The highest BCUT2D eigenvalue weighted by atomic mass is 127. The molecule has 1 atom stereocenters. The Kier molecular flexibility index (Phi) is 11.7. The van der Waals surface area contributed by atoms with E-state index >= 15 is 0 Å². The molecule has 1 unspecified atom stereocenters. The van der Waals surface area contributed by atoms with Crippen LogP contribution in [0.25, 0.3) is 0 Å². The summed E-state index contributed by atoms with van der Waals surface area (Å²) < 4.78 is 5.23. The predicted molar refractivity (Wildman–Crippen MR) is 136 cm³/mol. The molecule has 3 N–H and O–H groups in total. The number of carbonyl (C=O) groups excluding carboxylic acids is 1. The van der Waals surface area contributed by atoms with Crippen molar-refractivity contribution in [3.05, 3.63) is 23.7 Å². The van der Waals surface area contributed by atoms with Gasteiger partial charge in [0.05, 0.1) is 6.26 Å². The van der Waals surface area contributed by atoms with Crippen LogP contribution in [-0.2, 0) is 0 Å². The van der Waals surface area contributed by atoms with Gasteiger partial charge in [-0.05, 0) is 58.6 Å². The summed E-state index contributed by atoms with van der Waals surface area (Å²) in [6, 6.07) is 3.04. The number of aliphatic imine (C=N–C) groups is 1. The molecular weight excluding hydrogens is 505 g/mol. The minimum atomic E-state index is -0.156. The lowest BCUT2D eigenvalue weighted by atomic mass is 9.92. The molecule has 0 aromatic carbocycles. The van der Waals surface area contributed by atoms with E-state index in [-0.39, 0.29) is 29.9 Å². The number of guanidine groups is 1. The summed E-state index contributed by atoms with van der Waals surface area (Å²) in [5.74, 6) is 1.13. The molecule has 1 amide bonds. The van der Waals surface area contributed by atoms with Crippen molar-refractivity contribution in [2.24, 2.45) is 4.99 Å². The summed E-state index contributed by atoms with van der Waals surface area (Å²) in [5.41, 5.74) is 0.860. The molecule has 1 aromatic heterocycles. The third-order valence-electron chi connectivity index (χ3n) is 6.19. The smallest absolute Gasteiger partial charge is 0.287 e. The van der Waals surface area contributed by atoms with E-state index in [0.717, 1.165) is 37.1 Å². The first-order valence-corrected chi connectivity index (χ1v) is 11.8. The van der Waals surface area contributed by atoms with Crippen molar-refractivity contribution >= 4 is 35.8 Å². The van der Waals surface area contributed by atoms with Gasteiger partial charge in [0.2, 0.25) is 0 Å². The molecule has 1 saturated heterocycles. The lowest BCUT2D eigenvalue weighted by Gasteiger charge is -2.40. The van der Waals surface area contributed by atoms with Gasteiger partial charge < -0.3 is 20.4 Å². The van der Waals surface area contributed by atoms with E-state index in [1.807, 2.05) is 6.92 Å². The van der Waals surface area contributed by atoms with Gasteiger partial charge in [-0.3, -0.25) is 14.7 Å². The molecule has 2 heterocycles. The highest BCUT2D eigenvalue weighted by molar-refractivity contribution is 14.0. The Hall–Kier alpha value is -1.29. The van der Waals surface area contributed by atoms with Crippen LogP contribution in [0.3, 0.4) is 0 Å². The first-order chi connectivity index (χ1) is 14.7. The van der Waals surface area contributed by atoms with Crippen molar-refractivity contribution in [2.45, 2.75) is 77.3 Å². The number of aryl methyl sites for hydroxylation is 1. The van der Waals surface area contributed by atoms with E-state index in [9.17, 15) is 4.79 Å². The zero-order chi connectivity index (χ0) is 21.2. The van der Waals surface area contributed by atoms with Crippen LogP contribution in [-0.4, -0.2) is 61.6 Å². The molecule has 31 heavy (non-hydrogen) atoms. The van der Waals surface area contributed by atoms with Gasteiger partial charge in [-0.25, -0.2) is 0 Å². The van der Waals surface area contributed by atoms with Crippen LogP contribution in [0, 0.1) is 6.92 Å². The number of rotatable bonds is 8. The zero-order valence-corrected chi connectivity index (χ0v) is 21.5. The summed E-state index contributed by atoms with van der Waals surface area (Å²) >= 11 is 0. The molecule has 2 fully saturated rings. The number of nitrogens with zero attached hydrogens (tertiary/aromatic N) is 2. The number of hydrogen-bond acceptors (Lipinski definition) is 4. The number of carbonyl (C=O) groups is 1. The Balaban J connectivity index is 0.00000341. The number of hydrogen-bond donors (Lipinski definition) is 3. The molecule has 1 aliphatic carbocycles. The molecule has 1 aromatic rings. The van der Waals surface area contributed by atoms with E-state index in [2.05, 4.69) is 27.8 Å². The number of likely N-dealkylation sites (tertiary alicyclic amines) is 1. The summed E-state index contributed by atoms with van der Waals surface area (Å²) in [5, 5.41) is 9.93. The van der Waals surface area contributed by atoms with E-state index < -0.39 is 0 Å². The fourth-order valence-corrected chi connectivity index (χ4v) is 4.57. The predicted octanol–water partition coefficient (Wildman–Crippen LogP) is 3.68. The van der Waals surface area contributed by atoms with Gasteiger partial charge in [-0.2, -0.15) is 0 Å². The molecule has 1 aliphatic heterocycles. The average Bonchev–Trinajstić information content (AvgIpc) is 3.20. The van der Waals surface area contributed by atoms with Crippen LogP contribution < -0.4 is 16.0 Å². The largest absolute Gasteiger partial charge is 0.459 e. The second-order valence-corrected chi connectivity index (χ2v) is 8.57. The molecule has 2 aliphatic rings.